The monoisotopic (exact) mass is 400 g/mol. The number of fused-ring (bicyclic) bond motifs is 1. The SMILES string of the molecule is CCOOC1CNc2cc(Nc3ncc(C(N)=O)c(NC4CC4)n3)ccc2OC1. The summed E-state index contributed by atoms with van der Waals surface area (Å²) in [7, 11) is 0. The summed E-state index contributed by atoms with van der Waals surface area (Å²) in [5.74, 6) is 0.976. The Morgan fingerprint density at radius 3 is 3.03 bits per heavy atom. The largest absolute Gasteiger partial charge is 0.489 e. The van der Waals surface area contributed by atoms with E-state index in [4.69, 9.17) is 20.2 Å². The van der Waals surface area contributed by atoms with Crippen LogP contribution in [0.4, 0.5) is 23.1 Å². The molecule has 1 aromatic carbocycles. The van der Waals surface area contributed by atoms with E-state index < -0.39 is 5.91 Å². The second-order valence-corrected chi connectivity index (χ2v) is 6.89. The molecule has 4 rings (SSSR count). The first kappa shape index (κ1) is 19.2. The number of primary amides is 1. The number of hydrogen-bond acceptors (Lipinski definition) is 9. The number of benzene rings is 1. The van der Waals surface area contributed by atoms with Crippen molar-refractivity contribution in [1.82, 2.24) is 9.97 Å². The van der Waals surface area contributed by atoms with Gasteiger partial charge in [-0.2, -0.15) is 4.98 Å². The summed E-state index contributed by atoms with van der Waals surface area (Å²) in [6, 6.07) is 5.95. The van der Waals surface area contributed by atoms with Crippen molar-refractivity contribution in [3.8, 4) is 5.75 Å². The van der Waals surface area contributed by atoms with E-state index in [-0.39, 0.29) is 11.7 Å². The molecule has 0 spiro atoms. The maximum Gasteiger partial charge on any atom is 0.254 e. The number of ether oxygens (including phenoxy) is 1. The summed E-state index contributed by atoms with van der Waals surface area (Å²) in [6.07, 6.45) is 3.33. The number of anilines is 4. The van der Waals surface area contributed by atoms with Crippen molar-refractivity contribution in [2.75, 3.05) is 35.7 Å². The normalized spacial score (nSPS) is 18.0. The van der Waals surface area contributed by atoms with Gasteiger partial charge in [-0.15, -0.1) is 0 Å². The number of nitrogens with one attached hydrogen (secondary N) is 3. The van der Waals surface area contributed by atoms with Gasteiger partial charge in [-0.25, -0.2) is 14.8 Å². The van der Waals surface area contributed by atoms with Crippen LogP contribution in [0.25, 0.3) is 0 Å². The van der Waals surface area contributed by atoms with Crippen molar-refractivity contribution in [2.45, 2.75) is 31.9 Å². The smallest absolute Gasteiger partial charge is 0.254 e. The lowest BCUT2D eigenvalue weighted by Gasteiger charge is -2.13. The Bertz CT molecular complexity index is 889. The van der Waals surface area contributed by atoms with Gasteiger partial charge < -0.3 is 26.4 Å². The van der Waals surface area contributed by atoms with Gasteiger partial charge >= 0.3 is 0 Å². The van der Waals surface area contributed by atoms with Crippen LogP contribution in [0.15, 0.2) is 24.4 Å². The van der Waals surface area contributed by atoms with Crippen LogP contribution in [0, 0.1) is 0 Å². The minimum atomic E-state index is -0.560. The summed E-state index contributed by atoms with van der Waals surface area (Å²) in [5.41, 5.74) is 7.30. The first-order valence-electron chi connectivity index (χ1n) is 9.61. The van der Waals surface area contributed by atoms with Gasteiger partial charge in [-0.05, 0) is 38.0 Å². The number of rotatable bonds is 8. The Balaban J connectivity index is 1.48. The van der Waals surface area contributed by atoms with E-state index >= 15 is 0 Å². The van der Waals surface area contributed by atoms with Crippen LogP contribution in [0.5, 0.6) is 5.75 Å². The maximum absolute atomic E-state index is 11.6. The molecule has 0 radical (unpaired) electrons. The fourth-order valence-corrected chi connectivity index (χ4v) is 2.85. The van der Waals surface area contributed by atoms with Gasteiger partial charge in [0.2, 0.25) is 5.95 Å². The molecule has 1 aromatic heterocycles. The topological polar surface area (TPSA) is 133 Å². The minimum Gasteiger partial charge on any atom is -0.489 e. The number of hydrogen-bond donors (Lipinski definition) is 4. The third kappa shape index (κ3) is 4.84. The third-order valence-corrected chi connectivity index (χ3v) is 4.48. The number of nitrogens with zero attached hydrogens (tertiary/aromatic N) is 2. The Kier molecular flexibility index (Phi) is 5.63. The van der Waals surface area contributed by atoms with E-state index in [2.05, 4.69) is 25.9 Å². The Morgan fingerprint density at radius 2 is 2.28 bits per heavy atom. The van der Waals surface area contributed by atoms with E-state index in [9.17, 15) is 4.79 Å². The zero-order valence-corrected chi connectivity index (χ0v) is 16.1. The minimum absolute atomic E-state index is 0.209. The molecule has 0 bridgehead atoms. The van der Waals surface area contributed by atoms with Crippen LogP contribution in [0.1, 0.15) is 30.1 Å². The molecule has 2 aromatic rings. The van der Waals surface area contributed by atoms with Crippen LogP contribution in [-0.4, -0.2) is 47.8 Å². The van der Waals surface area contributed by atoms with Crippen molar-refractivity contribution in [3.05, 3.63) is 30.0 Å². The molecular formula is C19H24N6O4. The number of aromatic nitrogens is 2. The predicted molar refractivity (Wildman–Crippen MR) is 107 cm³/mol. The highest BCUT2D eigenvalue weighted by Crippen LogP contribution is 2.31. The molecule has 1 atom stereocenters. The molecule has 1 unspecified atom stereocenters. The number of carbonyl (C=O) groups excluding carboxylic acids is 1. The summed E-state index contributed by atoms with van der Waals surface area (Å²) >= 11 is 0. The van der Waals surface area contributed by atoms with Gasteiger partial charge in [0.05, 0.1) is 17.9 Å². The predicted octanol–water partition coefficient (Wildman–Crippen LogP) is 2.03. The maximum atomic E-state index is 11.6. The summed E-state index contributed by atoms with van der Waals surface area (Å²) in [5, 5.41) is 9.67. The van der Waals surface area contributed by atoms with Crippen molar-refractivity contribution in [1.29, 1.82) is 0 Å². The van der Waals surface area contributed by atoms with Gasteiger partial charge in [0.15, 0.2) is 0 Å². The molecule has 0 saturated heterocycles. The average molecular weight is 400 g/mol. The molecule has 1 fully saturated rings. The fourth-order valence-electron chi connectivity index (χ4n) is 2.85. The fraction of sp³-hybridized carbons (Fsp3) is 0.421. The number of carbonyl (C=O) groups is 1. The molecule has 1 aliphatic heterocycles. The molecule has 2 aliphatic rings. The third-order valence-electron chi connectivity index (χ3n) is 4.48. The molecule has 10 heteroatoms. The molecule has 10 nitrogen and oxygen atoms in total. The summed E-state index contributed by atoms with van der Waals surface area (Å²) in [6.45, 7) is 3.28. The Hall–Kier alpha value is -3.11. The van der Waals surface area contributed by atoms with Crippen LogP contribution in [0.3, 0.4) is 0 Å². The zero-order valence-electron chi connectivity index (χ0n) is 16.1. The summed E-state index contributed by atoms with van der Waals surface area (Å²) < 4.78 is 5.79. The highest BCUT2D eigenvalue weighted by atomic mass is 17.2. The lowest BCUT2D eigenvalue weighted by Crippen LogP contribution is -2.27. The molecule has 2 heterocycles. The Labute approximate surface area is 168 Å². The van der Waals surface area contributed by atoms with Gasteiger partial charge in [-0.1, -0.05) is 0 Å². The van der Waals surface area contributed by atoms with Crippen LogP contribution in [-0.2, 0) is 9.78 Å². The molecule has 1 amide bonds. The van der Waals surface area contributed by atoms with Crippen molar-refractivity contribution < 1.29 is 19.3 Å². The molecular weight excluding hydrogens is 376 g/mol. The van der Waals surface area contributed by atoms with E-state index in [1.807, 2.05) is 25.1 Å². The number of nitrogens with two attached hydrogens (primary N) is 1. The second kappa shape index (κ2) is 8.50. The standard InChI is InChI=1S/C19H24N6O4/c1-2-28-29-13-8-21-15-7-12(5-6-16(15)27-10-13)24-19-22-9-14(17(20)26)18(25-19)23-11-3-4-11/h5-7,9,11,13,21H,2-4,8,10H2,1H3,(H2,20,26)(H2,22,23,24,25). The lowest BCUT2D eigenvalue weighted by molar-refractivity contribution is -0.321. The first-order chi connectivity index (χ1) is 14.1. The van der Waals surface area contributed by atoms with Crippen LogP contribution in [0.2, 0.25) is 0 Å². The molecule has 5 N–H and O–H groups in total. The molecule has 154 valence electrons. The quantitative estimate of drug-likeness (QED) is 0.388. The van der Waals surface area contributed by atoms with Gasteiger partial charge in [0, 0.05) is 24.5 Å². The molecule has 1 aliphatic carbocycles. The lowest BCUT2D eigenvalue weighted by atomic mass is 10.2. The van der Waals surface area contributed by atoms with E-state index in [0.29, 0.717) is 37.6 Å². The highest BCUT2D eigenvalue weighted by molar-refractivity contribution is 5.97. The van der Waals surface area contributed by atoms with Crippen LogP contribution < -0.4 is 26.4 Å². The van der Waals surface area contributed by atoms with Crippen molar-refractivity contribution in [2.24, 2.45) is 5.73 Å². The van der Waals surface area contributed by atoms with Gasteiger partial charge in [-0.3, -0.25) is 4.79 Å². The zero-order chi connectivity index (χ0) is 20.2. The highest BCUT2D eigenvalue weighted by Gasteiger charge is 2.24. The first-order valence-corrected chi connectivity index (χ1v) is 9.61. The second-order valence-electron chi connectivity index (χ2n) is 6.89. The average Bonchev–Trinajstić information content (AvgIpc) is 3.53. The van der Waals surface area contributed by atoms with E-state index in [1.165, 1.54) is 6.20 Å². The van der Waals surface area contributed by atoms with E-state index in [1.54, 1.807) is 0 Å². The van der Waals surface area contributed by atoms with Crippen molar-refractivity contribution in [3.63, 3.8) is 0 Å². The van der Waals surface area contributed by atoms with Gasteiger partial charge in [0.1, 0.15) is 24.3 Å². The Morgan fingerprint density at radius 1 is 1.41 bits per heavy atom. The van der Waals surface area contributed by atoms with Crippen molar-refractivity contribution >= 4 is 29.0 Å². The number of amides is 1. The van der Waals surface area contributed by atoms with E-state index in [0.717, 1.165) is 30.0 Å². The van der Waals surface area contributed by atoms with Gasteiger partial charge in [0.25, 0.3) is 5.91 Å². The van der Waals surface area contributed by atoms with Crippen LogP contribution >= 0.6 is 0 Å². The molecule has 1 saturated carbocycles. The molecule has 29 heavy (non-hydrogen) atoms. The summed E-state index contributed by atoms with van der Waals surface area (Å²) in [4.78, 5) is 30.5.